The highest BCUT2D eigenvalue weighted by Crippen LogP contribution is 2.31. The number of benzene rings is 1. The van der Waals surface area contributed by atoms with Crippen molar-refractivity contribution in [3.05, 3.63) is 28.3 Å². The molecule has 0 aliphatic carbocycles. The topological polar surface area (TPSA) is 78.7 Å². The third-order valence-corrected chi connectivity index (χ3v) is 5.58. The summed E-state index contributed by atoms with van der Waals surface area (Å²) in [5.41, 5.74) is 1.18. The Balaban J connectivity index is 1.72. The fraction of sp³-hybridized carbons (Fsp3) is 0.650. The number of anilines is 2. The van der Waals surface area contributed by atoms with Crippen molar-refractivity contribution in [1.82, 2.24) is 4.90 Å². The van der Waals surface area contributed by atoms with E-state index in [1.165, 1.54) is 18.9 Å². The van der Waals surface area contributed by atoms with E-state index in [0.717, 1.165) is 44.7 Å². The lowest BCUT2D eigenvalue weighted by Crippen LogP contribution is -2.39. The quantitative estimate of drug-likeness (QED) is 0.630. The summed E-state index contributed by atoms with van der Waals surface area (Å²) >= 11 is 0. The molecule has 3 rings (SSSR count). The molecule has 2 heterocycles. The van der Waals surface area contributed by atoms with Crippen molar-refractivity contribution in [2.45, 2.75) is 39.5 Å². The molecular formula is C20H30N4O3. The van der Waals surface area contributed by atoms with E-state index in [0.29, 0.717) is 17.5 Å². The second kappa shape index (κ2) is 8.69. The minimum Gasteiger partial charge on any atom is -0.371 e. The van der Waals surface area contributed by atoms with Crippen LogP contribution < -0.4 is 10.2 Å². The van der Waals surface area contributed by atoms with Gasteiger partial charge < -0.3 is 10.2 Å². The summed E-state index contributed by atoms with van der Waals surface area (Å²) in [6.45, 7) is 8.40. The Labute approximate surface area is 160 Å². The second-order valence-electron chi connectivity index (χ2n) is 8.18. The summed E-state index contributed by atoms with van der Waals surface area (Å²) in [6.07, 6.45) is 4.62. The largest absolute Gasteiger partial charge is 0.371 e. The predicted octanol–water partition coefficient (Wildman–Crippen LogP) is 3.50. The highest BCUT2D eigenvalue weighted by molar-refractivity contribution is 5.95. The number of nitrogens with zero attached hydrogens (tertiary/aromatic N) is 3. The normalized spacial score (nSPS) is 23.9. The van der Waals surface area contributed by atoms with Crippen LogP contribution in [0, 0.1) is 22.0 Å². The van der Waals surface area contributed by atoms with E-state index in [-0.39, 0.29) is 18.1 Å². The van der Waals surface area contributed by atoms with Crippen molar-refractivity contribution in [3.63, 3.8) is 0 Å². The Bertz CT molecular complexity index is 694. The van der Waals surface area contributed by atoms with Crippen molar-refractivity contribution < 1.29 is 9.72 Å². The van der Waals surface area contributed by atoms with Gasteiger partial charge in [-0.3, -0.25) is 19.8 Å². The third kappa shape index (κ3) is 5.19. The number of likely N-dealkylation sites (tertiary alicyclic amines) is 1. The number of nitro benzene ring substituents is 1. The number of nitrogens with one attached hydrogen (secondary N) is 1. The van der Waals surface area contributed by atoms with E-state index < -0.39 is 4.92 Å². The van der Waals surface area contributed by atoms with Gasteiger partial charge in [0.2, 0.25) is 5.91 Å². The Kier molecular flexibility index (Phi) is 6.31. The van der Waals surface area contributed by atoms with E-state index in [9.17, 15) is 14.9 Å². The lowest BCUT2D eigenvalue weighted by atomic mass is 9.99. The van der Waals surface area contributed by atoms with Crippen LogP contribution in [0.15, 0.2) is 18.2 Å². The molecule has 27 heavy (non-hydrogen) atoms. The molecule has 2 aliphatic heterocycles. The maximum Gasteiger partial charge on any atom is 0.292 e. The molecule has 1 aromatic rings. The highest BCUT2D eigenvalue weighted by atomic mass is 16.6. The molecule has 0 saturated carbocycles. The van der Waals surface area contributed by atoms with Gasteiger partial charge in [-0.05, 0) is 56.2 Å². The van der Waals surface area contributed by atoms with Crippen LogP contribution in [0.25, 0.3) is 0 Å². The molecule has 2 fully saturated rings. The molecule has 148 valence electrons. The number of piperidine rings is 2. The van der Waals surface area contributed by atoms with Gasteiger partial charge in [-0.15, -0.1) is 0 Å². The van der Waals surface area contributed by atoms with Crippen molar-refractivity contribution in [2.24, 2.45) is 11.8 Å². The highest BCUT2D eigenvalue weighted by Gasteiger charge is 2.23. The Morgan fingerprint density at radius 2 is 1.89 bits per heavy atom. The summed E-state index contributed by atoms with van der Waals surface area (Å²) in [5, 5.41) is 14.2. The number of nitro groups is 1. The minimum absolute atomic E-state index is 0.0517. The summed E-state index contributed by atoms with van der Waals surface area (Å²) in [7, 11) is 0. The first kappa shape index (κ1) is 19.6. The average Bonchev–Trinajstić information content (AvgIpc) is 2.61. The molecule has 7 nitrogen and oxygen atoms in total. The molecule has 1 aromatic carbocycles. The molecule has 0 radical (unpaired) electrons. The van der Waals surface area contributed by atoms with E-state index >= 15 is 0 Å². The number of rotatable bonds is 5. The van der Waals surface area contributed by atoms with Gasteiger partial charge in [-0.25, -0.2) is 0 Å². The van der Waals surface area contributed by atoms with Crippen molar-refractivity contribution >= 4 is 23.0 Å². The average molecular weight is 374 g/mol. The first-order valence-corrected chi connectivity index (χ1v) is 9.98. The zero-order chi connectivity index (χ0) is 19.4. The molecule has 1 N–H and O–H groups in total. The van der Waals surface area contributed by atoms with Gasteiger partial charge >= 0.3 is 0 Å². The van der Waals surface area contributed by atoms with E-state index in [4.69, 9.17) is 0 Å². The zero-order valence-corrected chi connectivity index (χ0v) is 16.3. The molecular weight excluding hydrogens is 344 g/mol. The van der Waals surface area contributed by atoms with Crippen LogP contribution in [0.4, 0.5) is 17.1 Å². The fourth-order valence-corrected chi connectivity index (χ4v) is 4.23. The van der Waals surface area contributed by atoms with Crippen LogP contribution in [-0.2, 0) is 4.79 Å². The first-order valence-electron chi connectivity index (χ1n) is 9.98. The molecule has 2 atom stereocenters. The van der Waals surface area contributed by atoms with Crippen LogP contribution >= 0.6 is 0 Å². The standard InChI is InChI=1S/C20H30N4O3/c1-15-5-3-9-22(12-15)14-20(25)21-18-11-17(7-8-19(18)24(26)27)23-10-4-6-16(2)13-23/h7-8,11,15-16H,3-6,9-10,12-14H2,1-2H3,(H,21,25)/t15-,16-/m1/s1. The summed E-state index contributed by atoms with van der Waals surface area (Å²) < 4.78 is 0. The van der Waals surface area contributed by atoms with Crippen LogP contribution in [0.1, 0.15) is 39.5 Å². The monoisotopic (exact) mass is 374 g/mol. The van der Waals surface area contributed by atoms with Gasteiger partial charge in [0.05, 0.1) is 11.5 Å². The van der Waals surface area contributed by atoms with E-state index in [1.807, 2.05) is 0 Å². The molecule has 0 bridgehead atoms. The van der Waals surface area contributed by atoms with Crippen molar-refractivity contribution in [1.29, 1.82) is 0 Å². The summed E-state index contributed by atoms with van der Waals surface area (Å²) in [4.78, 5) is 27.9. The number of amides is 1. The maximum atomic E-state index is 12.5. The lowest BCUT2D eigenvalue weighted by molar-refractivity contribution is -0.383. The minimum atomic E-state index is -0.429. The molecule has 1 amide bonds. The fourth-order valence-electron chi connectivity index (χ4n) is 4.23. The van der Waals surface area contributed by atoms with Gasteiger partial charge in [0, 0.05) is 31.4 Å². The molecule has 2 saturated heterocycles. The summed E-state index contributed by atoms with van der Waals surface area (Å²) in [6, 6.07) is 5.05. The number of carbonyl (C=O) groups is 1. The number of carbonyl (C=O) groups excluding carboxylic acids is 1. The number of hydrogen-bond donors (Lipinski definition) is 1. The molecule has 2 aliphatic rings. The summed E-state index contributed by atoms with van der Waals surface area (Å²) in [5.74, 6) is 1.01. The smallest absolute Gasteiger partial charge is 0.292 e. The van der Waals surface area contributed by atoms with Gasteiger partial charge in [0.1, 0.15) is 5.69 Å². The number of hydrogen-bond acceptors (Lipinski definition) is 5. The lowest BCUT2D eigenvalue weighted by Gasteiger charge is -2.33. The Morgan fingerprint density at radius 3 is 2.56 bits per heavy atom. The van der Waals surface area contributed by atoms with Crippen molar-refractivity contribution in [3.8, 4) is 0 Å². The van der Waals surface area contributed by atoms with Crippen molar-refractivity contribution in [2.75, 3.05) is 42.9 Å². The molecule has 0 aromatic heterocycles. The second-order valence-corrected chi connectivity index (χ2v) is 8.18. The first-order chi connectivity index (χ1) is 12.9. The maximum absolute atomic E-state index is 12.5. The van der Waals surface area contributed by atoms with Gasteiger partial charge in [-0.1, -0.05) is 13.8 Å². The van der Waals surface area contributed by atoms with E-state index in [1.54, 1.807) is 12.1 Å². The SMILES string of the molecule is C[C@@H]1CCCN(CC(=O)Nc2cc(N3CCC[C@@H](C)C3)ccc2[N+](=O)[O-])C1. The zero-order valence-electron chi connectivity index (χ0n) is 16.3. The van der Waals surface area contributed by atoms with Crippen LogP contribution in [-0.4, -0.2) is 48.5 Å². The van der Waals surface area contributed by atoms with Crippen LogP contribution in [0.2, 0.25) is 0 Å². The van der Waals surface area contributed by atoms with E-state index in [2.05, 4.69) is 29.0 Å². The van der Waals surface area contributed by atoms with Gasteiger partial charge in [0.25, 0.3) is 5.69 Å². The Hall–Kier alpha value is -2.15. The van der Waals surface area contributed by atoms with Crippen LogP contribution in [0.3, 0.4) is 0 Å². The Morgan fingerprint density at radius 1 is 1.19 bits per heavy atom. The molecule has 0 unspecified atom stereocenters. The third-order valence-electron chi connectivity index (χ3n) is 5.58. The van der Waals surface area contributed by atoms with Crippen LogP contribution in [0.5, 0.6) is 0 Å². The molecule has 7 heteroatoms. The molecule has 0 spiro atoms. The van der Waals surface area contributed by atoms with Gasteiger partial charge in [0.15, 0.2) is 0 Å². The van der Waals surface area contributed by atoms with Gasteiger partial charge in [-0.2, -0.15) is 0 Å². The predicted molar refractivity (Wildman–Crippen MR) is 107 cm³/mol.